The van der Waals surface area contributed by atoms with Gasteiger partial charge in [0.1, 0.15) is 11.4 Å². The van der Waals surface area contributed by atoms with Crippen LogP contribution in [0.4, 0.5) is 5.82 Å². The van der Waals surface area contributed by atoms with Crippen LogP contribution in [-0.2, 0) is 0 Å². The molecule has 98 valence electrons. The molecule has 18 heavy (non-hydrogen) atoms. The van der Waals surface area contributed by atoms with E-state index in [0.717, 1.165) is 32.2 Å². The molecule has 0 aliphatic carbocycles. The lowest BCUT2D eigenvalue weighted by molar-refractivity contribution is 0.0697. The van der Waals surface area contributed by atoms with Crippen LogP contribution >= 0.6 is 0 Å². The minimum Gasteiger partial charge on any atom is -0.478 e. The number of carbonyl (C=O) groups is 1. The first-order valence-electron chi connectivity index (χ1n) is 6.30. The van der Waals surface area contributed by atoms with Crippen LogP contribution in [0.25, 0.3) is 0 Å². The largest absolute Gasteiger partial charge is 0.478 e. The molecule has 1 aliphatic heterocycles. The number of pyridine rings is 1. The minimum absolute atomic E-state index is 0.179. The number of aromatic nitrogens is 1. The van der Waals surface area contributed by atoms with Crippen molar-refractivity contribution in [1.29, 1.82) is 0 Å². The zero-order valence-corrected chi connectivity index (χ0v) is 10.2. The highest BCUT2D eigenvalue weighted by Gasteiger charge is 2.28. The number of aliphatic hydroxyl groups excluding tert-OH is 1. The summed E-state index contributed by atoms with van der Waals surface area (Å²) in [5.41, 5.74) is 0.258. The van der Waals surface area contributed by atoms with Crippen molar-refractivity contribution >= 4 is 11.8 Å². The highest BCUT2D eigenvalue weighted by atomic mass is 16.4. The molecule has 1 aliphatic rings. The van der Waals surface area contributed by atoms with Gasteiger partial charge in [0, 0.05) is 25.4 Å². The molecule has 2 heterocycles. The molecule has 1 fully saturated rings. The fraction of sp³-hybridized carbons (Fsp3) is 0.538. The monoisotopic (exact) mass is 250 g/mol. The van der Waals surface area contributed by atoms with E-state index in [1.54, 1.807) is 18.3 Å². The second-order valence-corrected chi connectivity index (χ2v) is 4.54. The maximum absolute atomic E-state index is 11.2. The molecule has 2 N–H and O–H groups in total. The number of carboxylic acids is 1. The van der Waals surface area contributed by atoms with E-state index in [2.05, 4.69) is 9.88 Å². The van der Waals surface area contributed by atoms with Gasteiger partial charge in [0.25, 0.3) is 0 Å². The Morgan fingerprint density at radius 3 is 3.11 bits per heavy atom. The Bertz CT molecular complexity index is 422. The van der Waals surface area contributed by atoms with Crippen LogP contribution in [0.5, 0.6) is 0 Å². The van der Waals surface area contributed by atoms with Gasteiger partial charge in [-0.15, -0.1) is 0 Å². The van der Waals surface area contributed by atoms with E-state index in [1.807, 2.05) is 0 Å². The maximum Gasteiger partial charge on any atom is 0.339 e. The lowest BCUT2D eigenvalue weighted by atomic mass is 10.1. The van der Waals surface area contributed by atoms with E-state index in [4.69, 9.17) is 5.11 Å². The molecule has 1 aromatic rings. The number of hydrogen-bond acceptors (Lipinski definition) is 4. The van der Waals surface area contributed by atoms with Crippen molar-refractivity contribution in [2.45, 2.75) is 31.7 Å². The Kier molecular flexibility index (Phi) is 4.15. The van der Waals surface area contributed by atoms with Crippen LogP contribution in [0, 0.1) is 0 Å². The molecule has 1 atom stereocenters. The van der Waals surface area contributed by atoms with E-state index in [9.17, 15) is 9.90 Å². The summed E-state index contributed by atoms with van der Waals surface area (Å²) in [6.45, 7) is 1.02. The van der Waals surface area contributed by atoms with Crippen molar-refractivity contribution in [2.24, 2.45) is 0 Å². The van der Waals surface area contributed by atoms with E-state index < -0.39 is 5.97 Å². The zero-order valence-electron chi connectivity index (χ0n) is 10.2. The first-order chi connectivity index (χ1) is 8.74. The second kappa shape index (κ2) is 5.82. The predicted octanol–water partition coefficient (Wildman–Crippen LogP) is 1.52. The third-order valence-corrected chi connectivity index (χ3v) is 3.36. The third kappa shape index (κ3) is 2.61. The van der Waals surface area contributed by atoms with Gasteiger partial charge in [0.15, 0.2) is 0 Å². The lowest BCUT2D eigenvalue weighted by Gasteiger charge is -2.26. The number of nitrogens with zero attached hydrogens (tertiary/aromatic N) is 2. The van der Waals surface area contributed by atoms with Gasteiger partial charge in [-0.25, -0.2) is 9.78 Å². The molecule has 1 unspecified atom stereocenters. The standard InChI is InChI=1S/C13H18N2O3/c16-9-3-5-10-4-2-8-15(10)12-11(13(17)18)6-1-7-14-12/h1,6-7,10,16H,2-5,8-9H2,(H,17,18). The van der Waals surface area contributed by atoms with Gasteiger partial charge in [-0.2, -0.15) is 0 Å². The third-order valence-electron chi connectivity index (χ3n) is 3.36. The normalized spacial score (nSPS) is 19.2. The summed E-state index contributed by atoms with van der Waals surface area (Å²) < 4.78 is 0. The van der Waals surface area contributed by atoms with Crippen LogP contribution in [0.15, 0.2) is 18.3 Å². The fourth-order valence-electron chi connectivity index (χ4n) is 2.53. The topological polar surface area (TPSA) is 73.7 Å². The average molecular weight is 250 g/mol. The number of hydrogen-bond donors (Lipinski definition) is 2. The Hall–Kier alpha value is -1.62. The molecule has 0 saturated carbocycles. The highest BCUT2D eigenvalue weighted by molar-refractivity contribution is 5.93. The minimum atomic E-state index is -0.939. The van der Waals surface area contributed by atoms with Crippen molar-refractivity contribution in [3.05, 3.63) is 23.9 Å². The molecule has 1 aromatic heterocycles. The van der Waals surface area contributed by atoms with Crippen LogP contribution in [0.2, 0.25) is 0 Å². The first-order valence-corrected chi connectivity index (χ1v) is 6.30. The van der Waals surface area contributed by atoms with E-state index in [-0.39, 0.29) is 12.2 Å². The van der Waals surface area contributed by atoms with Crippen molar-refractivity contribution < 1.29 is 15.0 Å². The fourth-order valence-corrected chi connectivity index (χ4v) is 2.53. The molecule has 1 saturated heterocycles. The number of anilines is 1. The quantitative estimate of drug-likeness (QED) is 0.828. The molecular weight excluding hydrogens is 232 g/mol. The zero-order chi connectivity index (χ0) is 13.0. The molecular formula is C13H18N2O3. The van der Waals surface area contributed by atoms with Crippen LogP contribution < -0.4 is 4.90 Å². The van der Waals surface area contributed by atoms with Crippen molar-refractivity contribution in [1.82, 2.24) is 4.98 Å². The van der Waals surface area contributed by atoms with E-state index in [0.29, 0.717) is 11.9 Å². The summed E-state index contributed by atoms with van der Waals surface area (Å²) in [6, 6.07) is 3.53. The van der Waals surface area contributed by atoms with Crippen LogP contribution in [0.1, 0.15) is 36.0 Å². The molecule has 0 aromatic carbocycles. The van der Waals surface area contributed by atoms with Crippen molar-refractivity contribution in [3.8, 4) is 0 Å². The summed E-state index contributed by atoms with van der Waals surface area (Å²) in [5.74, 6) is -0.378. The lowest BCUT2D eigenvalue weighted by Crippen LogP contribution is -2.31. The molecule has 0 spiro atoms. The highest BCUT2D eigenvalue weighted by Crippen LogP contribution is 2.28. The second-order valence-electron chi connectivity index (χ2n) is 4.54. The van der Waals surface area contributed by atoms with Crippen LogP contribution in [0.3, 0.4) is 0 Å². The summed E-state index contributed by atoms with van der Waals surface area (Å²) in [5, 5.41) is 18.1. The summed E-state index contributed by atoms with van der Waals surface area (Å²) >= 11 is 0. The van der Waals surface area contributed by atoms with Crippen molar-refractivity contribution in [2.75, 3.05) is 18.1 Å². The van der Waals surface area contributed by atoms with E-state index in [1.165, 1.54) is 0 Å². The molecule has 5 nitrogen and oxygen atoms in total. The molecule has 5 heteroatoms. The summed E-state index contributed by atoms with van der Waals surface area (Å²) in [6.07, 6.45) is 5.34. The Morgan fingerprint density at radius 2 is 2.39 bits per heavy atom. The summed E-state index contributed by atoms with van der Waals surface area (Å²) in [4.78, 5) is 17.5. The number of aromatic carboxylic acids is 1. The van der Waals surface area contributed by atoms with Crippen molar-refractivity contribution in [3.63, 3.8) is 0 Å². The number of carboxylic acid groups (broad SMARTS) is 1. The van der Waals surface area contributed by atoms with Gasteiger partial charge in [0.2, 0.25) is 0 Å². The smallest absolute Gasteiger partial charge is 0.339 e. The van der Waals surface area contributed by atoms with Gasteiger partial charge < -0.3 is 15.1 Å². The Morgan fingerprint density at radius 1 is 1.56 bits per heavy atom. The maximum atomic E-state index is 11.2. The van der Waals surface area contributed by atoms with Gasteiger partial charge in [-0.1, -0.05) is 0 Å². The van der Waals surface area contributed by atoms with Crippen LogP contribution in [-0.4, -0.2) is 40.4 Å². The van der Waals surface area contributed by atoms with Gasteiger partial charge in [0.05, 0.1) is 0 Å². The molecule has 2 rings (SSSR count). The molecule has 0 amide bonds. The Labute approximate surface area is 106 Å². The number of aliphatic hydroxyl groups is 1. The number of rotatable bonds is 5. The Balaban J connectivity index is 2.21. The molecule has 0 radical (unpaired) electrons. The van der Waals surface area contributed by atoms with E-state index >= 15 is 0 Å². The first kappa shape index (κ1) is 12.8. The van der Waals surface area contributed by atoms with Gasteiger partial charge in [-0.05, 0) is 37.8 Å². The average Bonchev–Trinajstić information content (AvgIpc) is 2.84. The molecule has 0 bridgehead atoms. The summed E-state index contributed by atoms with van der Waals surface area (Å²) in [7, 11) is 0. The SMILES string of the molecule is O=C(O)c1cccnc1N1CCCC1CCCO. The van der Waals surface area contributed by atoms with Gasteiger partial charge >= 0.3 is 5.97 Å². The van der Waals surface area contributed by atoms with Gasteiger partial charge in [-0.3, -0.25) is 0 Å². The predicted molar refractivity (Wildman–Crippen MR) is 67.9 cm³/mol.